The zero-order valence-corrected chi connectivity index (χ0v) is 13.1. The number of sulfone groups is 1. The summed E-state index contributed by atoms with van der Waals surface area (Å²) in [7, 11) is -3.16. The van der Waals surface area contributed by atoms with Crippen LogP contribution < -0.4 is 5.32 Å². The monoisotopic (exact) mass is 300 g/mol. The number of nitriles is 1. The molecule has 1 atom stereocenters. The second kappa shape index (κ2) is 7.63. The molecule has 1 rings (SSSR count). The third-order valence-electron chi connectivity index (χ3n) is 3.62. The number of nitrogens with one attached hydrogen (secondary N) is 1. The molecule has 0 saturated heterocycles. The van der Waals surface area contributed by atoms with Crippen LogP contribution in [-0.4, -0.2) is 31.4 Å². The summed E-state index contributed by atoms with van der Waals surface area (Å²) in [5.74, 6) is -0.149. The zero-order valence-electron chi connectivity index (χ0n) is 12.3. The van der Waals surface area contributed by atoms with E-state index in [-0.39, 0.29) is 23.3 Å². The number of rotatable bonds is 7. The summed E-state index contributed by atoms with van der Waals surface area (Å²) < 4.78 is 24.1. The molecule has 6 heteroatoms. The molecule has 1 aliphatic carbocycles. The number of carbonyl (C=O) groups is 1. The van der Waals surface area contributed by atoms with Crippen molar-refractivity contribution in [1.82, 2.24) is 5.32 Å². The molecule has 20 heavy (non-hydrogen) atoms. The maximum absolute atomic E-state index is 12.0. The summed E-state index contributed by atoms with van der Waals surface area (Å²) in [4.78, 5) is 11.7. The van der Waals surface area contributed by atoms with Crippen molar-refractivity contribution < 1.29 is 13.2 Å². The first-order chi connectivity index (χ1) is 9.35. The molecular formula is C14H24N2O3S. The van der Waals surface area contributed by atoms with Gasteiger partial charge >= 0.3 is 0 Å². The summed E-state index contributed by atoms with van der Waals surface area (Å²) in [6, 6.07) is 1.50. The van der Waals surface area contributed by atoms with Gasteiger partial charge in [0.1, 0.15) is 6.04 Å². The van der Waals surface area contributed by atoms with Gasteiger partial charge in [0, 0.05) is 6.42 Å². The lowest BCUT2D eigenvalue weighted by atomic mass is 10.0. The van der Waals surface area contributed by atoms with Gasteiger partial charge in [0.25, 0.3) is 0 Å². The van der Waals surface area contributed by atoms with Crippen LogP contribution in [0.3, 0.4) is 0 Å². The molecule has 0 heterocycles. The van der Waals surface area contributed by atoms with Gasteiger partial charge in [0.15, 0.2) is 9.84 Å². The lowest BCUT2D eigenvalue weighted by Gasteiger charge is -2.14. The minimum atomic E-state index is -3.16. The van der Waals surface area contributed by atoms with Gasteiger partial charge in [-0.2, -0.15) is 5.26 Å². The van der Waals surface area contributed by atoms with Crippen LogP contribution in [0.25, 0.3) is 0 Å². The molecule has 0 aliphatic heterocycles. The molecule has 1 fully saturated rings. The van der Waals surface area contributed by atoms with Crippen LogP contribution >= 0.6 is 0 Å². The molecule has 1 amide bonds. The molecule has 0 spiro atoms. The molecule has 5 nitrogen and oxygen atoms in total. The highest BCUT2D eigenvalue weighted by Crippen LogP contribution is 2.25. The van der Waals surface area contributed by atoms with Crippen LogP contribution in [0.5, 0.6) is 0 Å². The maximum atomic E-state index is 12.0. The van der Waals surface area contributed by atoms with E-state index < -0.39 is 15.9 Å². The fourth-order valence-corrected chi connectivity index (χ4v) is 4.39. The van der Waals surface area contributed by atoms with Crippen LogP contribution in [0.4, 0.5) is 0 Å². The second-order valence-electron chi connectivity index (χ2n) is 5.90. The summed E-state index contributed by atoms with van der Waals surface area (Å²) in [6.45, 7) is 3.95. The number of carbonyl (C=O) groups excluding carboxylic acids is 1. The number of amides is 1. The lowest BCUT2D eigenvalue weighted by molar-refractivity contribution is -0.121. The van der Waals surface area contributed by atoms with Gasteiger partial charge in [-0.05, 0) is 25.2 Å². The number of nitrogens with zero attached hydrogens (tertiary/aromatic N) is 1. The summed E-state index contributed by atoms with van der Waals surface area (Å²) in [5, 5.41) is 11.3. The van der Waals surface area contributed by atoms with Gasteiger partial charge in [-0.1, -0.05) is 26.7 Å². The van der Waals surface area contributed by atoms with Crippen molar-refractivity contribution in [3.05, 3.63) is 0 Å². The van der Waals surface area contributed by atoms with E-state index in [0.717, 1.165) is 25.7 Å². The van der Waals surface area contributed by atoms with E-state index in [1.807, 2.05) is 19.9 Å². The third-order valence-corrected chi connectivity index (χ3v) is 5.88. The zero-order chi connectivity index (χ0) is 15.2. The van der Waals surface area contributed by atoms with Crippen molar-refractivity contribution >= 4 is 15.7 Å². The Kier molecular flexibility index (Phi) is 6.47. The minimum Gasteiger partial charge on any atom is -0.340 e. The summed E-state index contributed by atoms with van der Waals surface area (Å²) in [5.41, 5.74) is 0. The van der Waals surface area contributed by atoms with E-state index in [1.165, 1.54) is 0 Å². The highest BCUT2D eigenvalue weighted by atomic mass is 32.2. The van der Waals surface area contributed by atoms with Crippen molar-refractivity contribution in [2.75, 3.05) is 5.75 Å². The van der Waals surface area contributed by atoms with Crippen LogP contribution in [0.15, 0.2) is 0 Å². The molecule has 1 unspecified atom stereocenters. The Hall–Kier alpha value is -1.09. The van der Waals surface area contributed by atoms with Crippen molar-refractivity contribution in [3.8, 4) is 6.07 Å². The maximum Gasteiger partial charge on any atom is 0.222 e. The Labute approximate surface area is 121 Å². The second-order valence-corrected chi connectivity index (χ2v) is 8.30. The quantitative estimate of drug-likeness (QED) is 0.776. The van der Waals surface area contributed by atoms with E-state index in [1.54, 1.807) is 0 Å². The highest BCUT2D eigenvalue weighted by Gasteiger charge is 2.29. The first-order valence-electron chi connectivity index (χ1n) is 7.25. The number of hydrogen-bond donors (Lipinski definition) is 1. The van der Waals surface area contributed by atoms with Gasteiger partial charge in [0.05, 0.1) is 17.1 Å². The normalized spacial score (nSPS) is 17.9. The number of hydrogen-bond acceptors (Lipinski definition) is 4. The Bertz CT molecular complexity index is 459. The molecule has 114 valence electrons. The Balaban J connectivity index is 2.41. The molecule has 0 bridgehead atoms. The lowest BCUT2D eigenvalue weighted by Crippen LogP contribution is -2.36. The van der Waals surface area contributed by atoms with Gasteiger partial charge in [-0.3, -0.25) is 4.79 Å². The first-order valence-corrected chi connectivity index (χ1v) is 8.97. The minimum absolute atomic E-state index is 0.0465. The smallest absolute Gasteiger partial charge is 0.222 e. The molecular weight excluding hydrogens is 276 g/mol. The molecule has 1 N–H and O–H groups in total. The summed E-state index contributed by atoms with van der Waals surface area (Å²) in [6.07, 6.45) is 3.89. The molecule has 0 aromatic carbocycles. The van der Waals surface area contributed by atoms with E-state index in [4.69, 9.17) is 5.26 Å². The van der Waals surface area contributed by atoms with Crippen molar-refractivity contribution in [2.45, 2.75) is 63.7 Å². The third kappa shape index (κ3) is 5.49. The molecule has 0 aromatic rings. The van der Waals surface area contributed by atoms with Gasteiger partial charge in [0.2, 0.25) is 5.91 Å². The van der Waals surface area contributed by atoms with Gasteiger partial charge in [-0.15, -0.1) is 0 Å². The predicted molar refractivity (Wildman–Crippen MR) is 77.7 cm³/mol. The molecule has 1 saturated carbocycles. The van der Waals surface area contributed by atoms with Gasteiger partial charge < -0.3 is 5.32 Å². The average molecular weight is 300 g/mol. The standard InChI is InChI=1S/C14H24N2O3S/c1-11(2)9-12(10-15)16-14(17)7-8-20(18,19)13-5-3-4-6-13/h11-13H,3-9H2,1-2H3,(H,16,17). The van der Waals surface area contributed by atoms with Crippen molar-refractivity contribution in [1.29, 1.82) is 5.26 Å². The fraction of sp³-hybridized carbons (Fsp3) is 0.857. The van der Waals surface area contributed by atoms with Crippen molar-refractivity contribution in [3.63, 3.8) is 0 Å². The van der Waals surface area contributed by atoms with Crippen LogP contribution in [0.2, 0.25) is 0 Å². The predicted octanol–water partition coefficient (Wildman–Crippen LogP) is 1.79. The van der Waals surface area contributed by atoms with E-state index in [9.17, 15) is 13.2 Å². The topological polar surface area (TPSA) is 87.0 Å². The van der Waals surface area contributed by atoms with E-state index in [0.29, 0.717) is 12.3 Å². The Morgan fingerprint density at radius 2 is 1.95 bits per heavy atom. The van der Waals surface area contributed by atoms with E-state index >= 15 is 0 Å². The first kappa shape index (κ1) is 17.0. The highest BCUT2D eigenvalue weighted by molar-refractivity contribution is 7.92. The van der Waals surface area contributed by atoms with Crippen LogP contribution in [0.1, 0.15) is 52.4 Å². The Morgan fingerprint density at radius 1 is 1.35 bits per heavy atom. The van der Waals surface area contributed by atoms with Crippen LogP contribution in [0, 0.1) is 17.2 Å². The fourth-order valence-electron chi connectivity index (χ4n) is 2.53. The molecule has 0 radical (unpaired) electrons. The summed E-state index contributed by atoms with van der Waals surface area (Å²) >= 11 is 0. The average Bonchev–Trinajstić information content (AvgIpc) is 2.89. The van der Waals surface area contributed by atoms with Crippen LogP contribution in [-0.2, 0) is 14.6 Å². The van der Waals surface area contributed by atoms with Crippen molar-refractivity contribution in [2.24, 2.45) is 5.92 Å². The van der Waals surface area contributed by atoms with E-state index in [2.05, 4.69) is 5.32 Å². The molecule has 0 aromatic heterocycles. The largest absolute Gasteiger partial charge is 0.340 e. The Morgan fingerprint density at radius 3 is 2.45 bits per heavy atom. The molecule has 1 aliphatic rings. The SMILES string of the molecule is CC(C)CC(C#N)NC(=O)CCS(=O)(=O)C1CCCC1. The van der Waals surface area contributed by atoms with Gasteiger partial charge in [-0.25, -0.2) is 8.42 Å².